The lowest BCUT2D eigenvalue weighted by atomic mass is 10.1. The average molecular weight is 401 g/mol. The van der Waals surface area contributed by atoms with Crippen molar-refractivity contribution in [2.24, 2.45) is 0 Å². The monoisotopic (exact) mass is 400 g/mol. The Balaban J connectivity index is 2.77. The summed E-state index contributed by atoms with van der Waals surface area (Å²) >= 11 is 0. The highest BCUT2D eigenvalue weighted by Crippen LogP contribution is 2.32. The molecular weight excluding hydrogens is 360 g/mol. The van der Waals surface area contributed by atoms with Crippen molar-refractivity contribution in [2.75, 3.05) is 30.4 Å². The third-order valence-electron chi connectivity index (χ3n) is 5.01. The molecule has 1 N–H and O–H groups in total. The molecular formula is C25H40N2O2. The second kappa shape index (κ2) is 15.7. The maximum absolute atomic E-state index is 11.5. The number of amides is 1. The fraction of sp³-hybridized carbons (Fsp3) is 0.560. The Morgan fingerprint density at radius 1 is 0.966 bits per heavy atom. The van der Waals surface area contributed by atoms with Gasteiger partial charge in [0.1, 0.15) is 5.75 Å². The molecule has 1 aromatic carbocycles. The highest BCUT2D eigenvalue weighted by atomic mass is 16.5. The number of carbonyl (C=O) groups excluding carboxylic acids is 1. The van der Waals surface area contributed by atoms with Crippen molar-refractivity contribution in [3.63, 3.8) is 0 Å². The van der Waals surface area contributed by atoms with Crippen LogP contribution in [0.25, 0.3) is 0 Å². The molecule has 0 spiro atoms. The van der Waals surface area contributed by atoms with Crippen molar-refractivity contribution in [3.05, 3.63) is 43.5 Å². The van der Waals surface area contributed by atoms with E-state index in [-0.39, 0.29) is 5.91 Å². The van der Waals surface area contributed by atoms with E-state index in [4.69, 9.17) is 4.74 Å². The van der Waals surface area contributed by atoms with Gasteiger partial charge in [0.25, 0.3) is 0 Å². The quantitative estimate of drug-likeness (QED) is 0.233. The van der Waals surface area contributed by atoms with Crippen LogP contribution in [0.15, 0.2) is 43.5 Å². The van der Waals surface area contributed by atoms with Gasteiger partial charge in [0.2, 0.25) is 5.91 Å². The molecule has 0 saturated heterocycles. The summed E-state index contributed by atoms with van der Waals surface area (Å²) < 4.78 is 5.63. The van der Waals surface area contributed by atoms with Gasteiger partial charge in [-0.25, -0.2) is 0 Å². The standard InChI is InChI=1S/C25H40N2O2/c1-5-7-9-11-13-15-19-27(20-16-14-12-10-8-6-2)24-21-23(26-22(3)28)17-18-25(24)29-4/h5-6,17-18,21H,1-2,7-16,19-20H2,3-4H3,(H,26,28). The topological polar surface area (TPSA) is 41.6 Å². The van der Waals surface area contributed by atoms with Crippen LogP contribution in [-0.2, 0) is 4.79 Å². The molecule has 1 aromatic rings. The molecule has 0 aliphatic heterocycles. The highest BCUT2D eigenvalue weighted by Gasteiger charge is 2.13. The van der Waals surface area contributed by atoms with Crippen molar-refractivity contribution in [1.82, 2.24) is 0 Å². The van der Waals surface area contributed by atoms with Crippen LogP contribution in [0.1, 0.15) is 71.1 Å². The predicted octanol–water partition coefficient (Wildman–Crippen LogP) is 6.73. The van der Waals surface area contributed by atoms with Crippen molar-refractivity contribution < 1.29 is 9.53 Å². The number of nitrogens with zero attached hydrogens (tertiary/aromatic N) is 1. The highest BCUT2D eigenvalue weighted by molar-refractivity contribution is 5.89. The van der Waals surface area contributed by atoms with Crippen molar-refractivity contribution in [1.29, 1.82) is 0 Å². The van der Waals surface area contributed by atoms with Gasteiger partial charge >= 0.3 is 0 Å². The molecule has 1 amide bonds. The van der Waals surface area contributed by atoms with Gasteiger partial charge in [-0.1, -0.05) is 37.8 Å². The smallest absolute Gasteiger partial charge is 0.221 e. The van der Waals surface area contributed by atoms with Crippen LogP contribution >= 0.6 is 0 Å². The number of anilines is 2. The van der Waals surface area contributed by atoms with Gasteiger partial charge in [0, 0.05) is 25.7 Å². The Morgan fingerprint density at radius 3 is 2.00 bits per heavy atom. The molecule has 0 fully saturated rings. The zero-order chi connectivity index (χ0) is 21.3. The molecule has 162 valence electrons. The molecule has 0 aliphatic carbocycles. The Morgan fingerprint density at radius 2 is 1.52 bits per heavy atom. The average Bonchev–Trinajstić information content (AvgIpc) is 2.71. The summed E-state index contributed by atoms with van der Waals surface area (Å²) in [7, 11) is 1.71. The molecule has 0 bridgehead atoms. The molecule has 0 heterocycles. The maximum atomic E-state index is 11.5. The minimum atomic E-state index is -0.0582. The van der Waals surface area contributed by atoms with Crippen LogP contribution in [0.2, 0.25) is 0 Å². The van der Waals surface area contributed by atoms with Crippen LogP contribution in [0, 0.1) is 0 Å². The van der Waals surface area contributed by atoms with E-state index < -0.39 is 0 Å². The fourth-order valence-corrected chi connectivity index (χ4v) is 3.46. The maximum Gasteiger partial charge on any atom is 0.221 e. The number of hydrogen-bond donors (Lipinski definition) is 1. The molecule has 29 heavy (non-hydrogen) atoms. The van der Waals surface area contributed by atoms with Crippen LogP contribution in [0.3, 0.4) is 0 Å². The normalized spacial score (nSPS) is 10.4. The summed E-state index contributed by atoms with van der Waals surface area (Å²) in [4.78, 5) is 13.9. The lowest BCUT2D eigenvalue weighted by Crippen LogP contribution is -2.26. The molecule has 0 aromatic heterocycles. The third kappa shape index (κ3) is 10.8. The number of rotatable bonds is 17. The Bertz CT molecular complexity index is 593. The van der Waals surface area contributed by atoms with Crippen LogP contribution in [0.5, 0.6) is 5.75 Å². The second-order valence-corrected chi connectivity index (χ2v) is 7.54. The number of carbonyl (C=O) groups is 1. The Hall–Kier alpha value is -2.23. The van der Waals surface area contributed by atoms with Gasteiger partial charge in [0.15, 0.2) is 0 Å². The molecule has 0 atom stereocenters. The molecule has 4 nitrogen and oxygen atoms in total. The van der Waals surface area contributed by atoms with E-state index in [0.717, 1.165) is 55.9 Å². The number of unbranched alkanes of at least 4 members (excludes halogenated alkanes) is 8. The number of benzene rings is 1. The predicted molar refractivity (Wildman–Crippen MR) is 126 cm³/mol. The molecule has 1 rings (SSSR count). The minimum Gasteiger partial charge on any atom is -0.495 e. The van der Waals surface area contributed by atoms with Gasteiger partial charge in [-0.3, -0.25) is 4.79 Å². The number of hydrogen-bond acceptors (Lipinski definition) is 3. The summed E-state index contributed by atoms with van der Waals surface area (Å²) in [6.07, 6.45) is 15.9. The third-order valence-corrected chi connectivity index (χ3v) is 5.01. The van der Waals surface area contributed by atoms with E-state index >= 15 is 0 Å². The second-order valence-electron chi connectivity index (χ2n) is 7.54. The molecule has 0 saturated carbocycles. The Kier molecular flexibility index (Phi) is 13.4. The zero-order valence-electron chi connectivity index (χ0n) is 18.5. The van der Waals surface area contributed by atoms with E-state index in [9.17, 15) is 4.79 Å². The Labute approximate surface area is 178 Å². The van der Waals surface area contributed by atoms with Crippen molar-refractivity contribution in [3.8, 4) is 5.75 Å². The largest absolute Gasteiger partial charge is 0.495 e. The van der Waals surface area contributed by atoms with Gasteiger partial charge < -0.3 is 15.0 Å². The summed E-state index contributed by atoms with van der Waals surface area (Å²) in [5, 5.41) is 2.89. The van der Waals surface area contributed by atoms with Gasteiger partial charge in [-0.2, -0.15) is 0 Å². The lowest BCUT2D eigenvalue weighted by molar-refractivity contribution is -0.114. The van der Waals surface area contributed by atoms with Crippen LogP contribution < -0.4 is 15.0 Å². The zero-order valence-corrected chi connectivity index (χ0v) is 18.5. The molecule has 0 unspecified atom stereocenters. The number of ether oxygens (including phenoxy) is 1. The van der Waals surface area contributed by atoms with Crippen molar-refractivity contribution >= 4 is 17.3 Å². The first kappa shape index (κ1) is 24.8. The van der Waals surface area contributed by atoms with Crippen molar-refractivity contribution in [2.45, 2.75) is 71.1 Å². The van der Waals surface area contributed by atoms with E-state index in [1.165, 1.54) is 45.4 Å². The van der Waals surface area contributed by atoms with Gasteiger partial charge in [-0.15, -0.1) is 13.2 Å². The van der Waals surface area contributed by atoms with E-state index in [1.54, 1.807) is 7.11 Å². The minimum absolute atomic E-state index is 0.0582. The summed E-state index contributed by atoms with van der Waals surface area (Å²) in [6, 6.07) is 5.88. The molecule has 0 radical (unpaired) electrons. The van der Waals surface area contributed by atoms with Gasteiger partial charge in [0.05, 0.1) is 12.8 Å². The number of allylic oxidation sites excluding steroid dienone is 2. The van der Waals surface area contributed by atoms with E-state index in [2.05, 4.69) is 23.4 Å². The number of methoxy groups -OCH3 is 1. The molecule has 0 aliphatic rings. The summed E-state index contributed by atoms with van der Waals surface area (Å²) in [5.41, 5.74) is 1.88. The van der Waals surface area contributed by atoms with E-state index in [1.807, 2.05) is 30.4 Å². The van der Waals surface area contributed by atoms with Crippen LogP contribution in [-0.4, -0.2) is 26.1 Å². The first-order valence-corrected chi connectivity index (χ1v) is 11.0. The van der Waals surface area contributed by atoms with E-state index in [0.29, 0.717) is 0 Å². The van der Waals surface area contributed by atoms with Gasteiger partial charge in [-0.05, 0) is 56.7 Å². The van der Waals surface area contributed by atoms with Crippen LogP contribution in [0.4, 0.5) is 11.4 Å². The summed E-state index contributed by atoms with van der Waals surface area (Å²) in [5.74, 6) is 0.800. The SMILES string of the molecule is C=CCCCCCCN(CCCCCCC=C)c1cc(NC(C)=O)ccc1OC. The molecule has 4 heteroatoms. The fourth-order valence-electron chi connectivity index (χ4n) is 3.46. The number of nitrogens with one attached hydrogen (secondary N) is 1. The lowest BCUT2D eigenvalue weighted by Gasteiger charge is -2.27. The first-order chi connectivity index (χ1) is 14.1. The first-order valence-electron chi connectivity index (χ1n) is 11.0. The summed E-state index contributed by atoms with van der Waals surface area (Å²) in [6.45, 7) is 11.1.